The van der Waals surface area contributed by atoms with Gasteiger partial charge in [-0.05, 0) is 12.1 Å². The summed E-state index contributed by atoms with van der Waals surface area (Å²) in [5, 5.41) is 4.39. The Labute approximate surface area is 110 Å². The van der Waals surface area contributed by atoms with Gasteiger partial charge in [0, 0.05) is 12.8 Å². The average Bonchev–Trinajstić information content (AvgIpc) is 3.05. The van der Waals surface area contributed by atoms with Crippen molar-refractivity contribution >= 4 is 5.91 Å². The van der Waals surface area contributed by atoms with Crippen molar-refractivity contribution in [3.63, 3.8) is 0 Å². The van der Waals surface area contributed by atoms with Crippen LogP contribution in [0.25, 0.3) is 0 Å². The topological polar surface area (TPSA) is 99.0 Å². The molecule has 2 aromatic rings. The van der Waals surface area contributed by atoms with Gasteiger partial charge in [-0.15, -0.1) is 0 Å². The van der Waals surface area contributed by atoms with Gasteiger partial charge in [-0.25, -0.2) is 15.5 Å². The van der Waals surface area contributed by atoms with Crippen LogP contribution in [-0.4, -0.2) is 20.7 Å². The van der Waals surface area contributed by atoms with Gasteiger partial charge in [0.1, 0.15) is 18.1 Å². The van der Waals surface area contributed by atoms with Crippen LogP contribution in [0.15, 0.2) is 16.5 Å². The Morgan fingerprint density at radius 2 is 2.21 bits per heavy atom. The zero-order valence-corrected chi connectivity index (χ0v) is 11.0. The third-order valence-corrected chi connectivity index (χ3v) is 2.75. The quantitative estimate of drug-likeness (QED) is 0.468. The van der Waals surface area contributed by atoms with Crippen LogP contribution in [0.5, 0.6) is 0 Å². The molecule has 0 radical (unpaired) electrons. The highest BCUT2D eigenvalue weighted by molar-refractivity contribution is 5.90. The van der Waals surface area contributed by atoms with Crippen LogP contribution in [0.2, 0.25) is 0 Å². The van der Waals surface area contributed by atoms with E-state index >= 15 is 0 Å². The fraction of sp³-hybridized carbons (Fsp3) is 0.417. The van der Waals surface area contributed by atoms with Crippen molar-refractivity contribution in [2.24, 2.45) is 5.84 Å². The highest BCUT2D eigenvalue weighted by Gasteiger charge is 2.12. The molecule has 0 aromatic carbocycles. The third-order valence-electron chi connectivity index (χ3n) is 2.75. The standard InChI is InChI=1S/C12H17N5O2/c1-3-10-14-11(4-2)17(16-10)7-8-5-6-9(19-8)12(18)15-13/h5-6H,3-4,7,13H2,1-2H3,(H,15,18). The van der Waals surface area contributed by atoms with Crippen molar-refractivity contribution in [2.75, 3.05) is 0 Å². The second-order valence-electron chi connectivity index (χ2n) is 4.05. The van der Waals surface area contributed by atoms with Gasteiger partial charge in [-0.3, -0.25) is 10.2 Å². The molecule has 0 spiro atoms. The molecule has 19 heavy (non-hydrogen) atoms. The first kappa shape index (κ1) is 13.3. The Balaban J connectivity index is 2.18. The number of amides is 1. The summed E-state index contributed by atoms with van der Waals surface area (Å²) in [6.07, 6.45) is 1.59. The minimum atomic E-state index is -0.449. The molecule has 7 nitrogen and oxygen atoms in total. The van der Waals surface area contributed by atoms with E-state index in [1.807, 2.05) is 19.3 Å². The Bertz CT molecular complexity index is 572. The summed E-state index contributed by atoms with van der Waals surface area (Å²) in [6.45, 7) is 4.49. The summed E-state index contributed by atoms with van der Waals surface area (Å²) in [4.78, 5) is 15.7. The molecule has 0 bridgehead atoms. The summed E-state index contributed by atoms with van der Waals surface area (Å²) in [5.74, 6) is 7.13. The first-order valence-electron chi connectivity index (χ1n) is 6.20. The van der Waals surface area contributed by atoms with Crippen LogP contribution in [0.1, 0.15) is 41.8 Å². The van der Waals surface area contributed by atoms with E-state index in [0.29, 0.717) is 12.3 Å². The minimum Gasteiger partial charge on any atom is -0.454 e. The number of nitrogen functional groups attached to an aromatic ring is 1. The van der Waals surface area contributed by atoms with E-state index in [4.69, 9.17) is 10.3 Å². The monoisotopic (exact) mass is 263 g/mol. The smallest absolute Gasteiger partial charge is 0.300 e. The summed E-state index contributed by atoms with van der Waals surface area (Å²) in [7, 11) is 0. The molecule has 0 unspecified atom stereocenters. The number of nitrogens with two attached hydrogens (primary N) is 1. The lowest BCUT2D eigenvalue weighted by atomic mass is 10.4. The maximum atomic E-state index is 11.3. The average molecular weight is 263 g/mol. The Morgan fingerprint density at radius 1 is 1.42 bits per heavy atom. The Hall–Kier alpha value is -2.15. The predicted octanol–water partition coefficient (Wildman–Crippen LogP) is 0.648. The van der Waals surface area contributed by atoms with Gasteiger partial charge in [0.05, 0.1) is 0 Å². The SMILES string of the molecule is CCc1nc(CC)n(Cc2ccc(C(=O)NN)o2)n1. The Kier molecular flexibility index (Phi) is 3.96. The van der Waals surface area contributed by atoms with Crippen molar-refractivity contribution in [3.05, 3.63) is 35.3 Å². The molecule has 0 saturated heterocycles. The van der Waals surface area contributed by atoms with Crippen LogP contribution >= 0.6 is 0 Å². The molecule has 0 aliphatic rings. The van der Waals surface area contributed by atoms with E-state index in [0.717, 1.165) is 24.5 Å². The van der Waals surface area contributed by atoms with Crippen molar-refractivity contribution < 1.29 is 9.21 Å². The second-order valence-corrected chi connectivity index (χ2v) is 4.05. The molecule has 0 fully saturated rings. The number of carbonyl (C=O) groups is 1. The molecule has 3 N–H and O–H groups in total. The van der Waals surface area contributed by atoms with Crippen LogP contribution in [0, 0.1) is 0 Å². The number of hydrogen-bond donors (Lipinski definition) is 2. The van der Waals surface area contributed by atoms with E-state index in [9.17, 15) is 4.79 Å². The highest BCUT2D eigenvalue weighted by atomic mass is 16.4. The fourth-order valence-corrected chi connectivity index (χ4v) is 1.77. The third kappa shape index (κ3) is 2.82. The number of aromatic nitrogens is 3. The molecular weight excluding hydrogens is 246 g/mol. The molecule has 0 aliphatic heterocycles. The van der Waals surface area contributed by atoms with Gasteiger partial charge in [0.2, 0.25) is 0 Å². The number of nitrogens with one attached hydrogen (secondary N) is 1. The summed E-state index contributed by atoms with van der Waals surface area (Å²) >= 11 is 0. The predicted molar refractivity (Wildman–Crippen MR) is 68.2 cm³/mol. The van der Waals surface area contributed by atoms with Gasteiger partial charge in [0.25, 0.3) is 0 Å². The summed E-state index contributed by atoms with van der Waals surface area (Å²) < 4.78 is 7.20. The summed E-state index contributed by atoms with van der Waals surface area (Å²) in [6, 6.07) is 3.32. The molecule has 0 atom stereocenters. The first-order chi connectivity index (χ1) is 9.17. The van der Waals surface area contributed by atoms with Gasteiger partial charge in [0.15, 0.2) is 11.6 Å². The Morgan fingerprint density at radius 3 is 2.84 bits per heavy atom. The van der Waals surface area contributed by atoms with Crippen LogP contribution in [0.3, 0.4) is 0 Å². The van der Waals surface area contributed by atoms with Crippen LogP contribution < -0.4 is 11.3 Å². The van der Waals surface area contributed by atoms with Gasteiger partial charge < -0.3 is 4.42 Å². The highest BCUT2D eigenvalue weighted by Crippen LogP contribution is 2.11. The van der Waals surface area contributed by atoms with Gasteiger partial charge in [-0.2, -0.15) is 5.10 Å². The molecule has 2 heterocycles. The van der Waals surface area contributed by atoms with Crippen LogP contribution in [-0.2, 0) is 19.4 Å². The summed E-state index contributed by atoms with van der Waals surface area (Å²) in [5.41, 5.74) is 2.03. The lowest BCUT2D eigenvalue weighted by Gasteiger charge is -2.01. The van der Waals surface area contributed by atoms with Crippen molar-refractivity contribution in [1.82, 2.24) is 20.2 Å². The van der Waals surface area contributed by atoms with Crippen molar-refractivity contribution in [3.8, 4) is 0 Å². The second kappa shape index (κ2) is 5.66. The van der Waals surface area contributed by atoms with Gasteiger partial charge >= 0.3 is 5.91 Å². The molecule has 0 aliphatic carbocycles. The zero-order valence-electron chi connectivity index (χ0n) is 11.0. The largest absolute Gasteiger partial charge is 0.454 e. The fourth-order valence-electron chi connectivity index (χ4n) is 1.77. The number of carbonyl (C=O) groups excluding carboxylic acids is 1. The lowest BCUT2D eigenvalue weighted by molar-refractivity contribution is 0.0924. The van der Waals surface area contributed by atoms with E-state index in [1.165, 1.54) is 0 Å². The number of hydrogen-bond acceptors (Lipinski definition) is 5. The maximum absolute atomic E-state index is 11.3. The normalized spacial score (nSPS) is 10.7. The van der Waals surface area contributed by atoms with Crippen molar-refractivity contribution in [1.29, 1.82) is 0 Å². The molecule has 1 amide bonds. The molecule has 7 heteroatoms. The molecule has 102 valence electrons. The van der Waals surface area contributed by atoms with Crippen molar-refractivity contribution in [2.45, 2.75) is 33.2 Å². The lowest BCUT2D eigenvalue weighted by Crippen LogP contribution is -2.29. The van der Waals surface area contributed by atoms with E-state index in [-0.39, 0.29) is 5.76 Å². The van der Waals surface area contributed by atoms with Gasteiger partial charge in [-0.1, -0.05) is 13.8 Å². The van der Waals surface area contributed by atoms with E-state index < -0.39 is 5.91 Å². The first-order valence-corrected chi connectivity index (χ1v) is 6.20. The molecule has 2 aromatic heterocycles. The molecular formula is C12H17N5O2. The van der Waals surface area contributed by atoms with E-state index in [2.05, 4.69) is 10.1 Å². The number of aryl methyl sites for hydroxylation is 2. The minimum absolute atomic E-state index is 0.186. The number of furan rings is 1. The number of nitrogens with zero attached hydrogens (tertiary/aromatic N) is 3. The number of hydrazine groups is 1. The van der Waals surface area contributed by atoms with E-state index in [1.54, 1.807) is 16.8 Å². The molecule has 0 saturated carbocycles. The van der Waals surface area contributed by atoms with Crippen LogP contribution in [0.4, 0.5) is 0 Å². The number of rotatable bonds is 5. The maximum Gasteiger partial charge on any atom is 0.300 e. The zero-order chi connectivity index (χ0) is 13.8. The molecule has 2 rings (SSSR count).